The van der Waals surface area contributed by atoms with Crippen molar-refractivity contribution in [2.75, 3.05) is 11.9 Å². The van der Waals surface area contributed by atoms with Crippen molar-refractivity contribution in [3.05, 3.63) is 44.1 Å². The molecular weight excluding hydrogens is 423 g/mol. The molecule has 0 fully saturated rings. The number of amides is 1. The lowest BCUT2D eigenvalue weighted by atomic mass is 10.2. The molecule has 0 spiro atoms. The lowest BCUT2D eigenvalue weighted by Gasteiger charge is -2.14. The molecule has 0 unspecified atom stereocenters. The van der Waals surface area contributed by atoms with Crippen molar-refractivity contribution in [3.8, 4) is 5.75 Å². The topological polar surface area (TPSA) is 43.3 Å². The summed E-state index contributed by atoms with van der Waals surface area (Å²) in [5, 5.41) is 3.34. The smallest absolute Gasteiger partial charge is 0.272 e. The Hall–Kier alpha value is -0.980. The van der Waals surface area contributed by atoms with Crippen LogP contribution >= 0.6 is 43.5 Å². The van der Waals surface area contributed by atoms with Crippen LogP contribution in [0.2, 0.25) is 5.02 Å². The molecule has 7 heteroatoms. The summed E-state index contributed by atoms with van der Waals surface area (Å²) in [5.74, 6) is 0.321. The van der Waals surface area contributed by atoms with Crippen molar-refractivity contribution in [2.45, 2.75) is 6.92 Å². The number of ether oxygens (including phenoxy) is 1. The first-order chi connectivity index (χ1) is 9.92. The molecule has 112 valence electrons. The Morgan fingerprint density at radius 2 is 2.10 bits per heavy atom. The van der Waals surface area contributed by atoms with E-state index in [1.807, 2.05) is 13.1 Å². The zero-order chi connectivity index (χ0) is 15.6. The van der Waals surface area contributed by atoms with E-state index >= 15 is 0 Å². The molecule has 0 saturated heterocycles. The van der Waals surface area contributed by atoms with Crippen LogP contribution in [-0.4, -0.2) is 17.1 Å². The van der Waals surface area contributed by atoms with Gasteiger partial charge in [0.15, 0.2) is 5.75 Å². The number of halogens is 3. The number of rotatable bonds is 4. The van der Waals surface area contributed by atoms with Gasteiger partial charge >= 0.3 is 0 Å². The van der Waals surface area contributed by atoms with Crippen LogP contribution in [0.25, 0.3) is 0 Å². The fourth-order valence-corrected chi connectivity index (χ4v) is 3.33. The zero-order valence-electron chi connectivity index (χ0n) is 11.4. The summed E-state index contributed by atoms with van der Waals surface area (Å²) < 4.78 is 8.83. The van der Waals surface area contributed by atoms with Crippen molar-refractivity contribution >= 4 is 55.1 Å². The zero-order valence-corrected chi connectivity index (χ0v) is 15.3. The van der Waals surface area contributed by atoms with E-state index in [1.165, 1.54) is 0 Å². The highest BCUT2D eigenvalue weighted by molar-refractivity contribution is 9.10. The van der Waals surface area contributed by atoms with E-state index in [2.05, 4.69) is 37.2 Å². The van der Waals surface area contributed by atoms with E-state index in [4.69, 9.17) is 16.3 Å². The molecule has 0 radical (unpaired) electrons. The molecule has 0 atom stereocenters. The molecule has 1 aromatic carbocycles. The minimum atomic E-state index is -0.238. The van der Waals surface area contributed by atoms with Crippen molar-refractivity contribution in [3.63, 3.8) is 0 Å². The number of hydrogen-bond acceptors (Lipinski definition) is 2. The van der Waals surface area contributed by atoms with Gasteiger partial charge in [-0.25, -0.2) is 0 Å². The predicted molar refractivity (Wildman–Crippen MR) is 91.4 cm³/mol. The number of aromatic nitrogens is 1. The molecular formula is C14H13Br2ClN2O2. The van der Waals surface area contributed by atoms with Gasteiger partial charge in [0.05, 0.1) is 16.8 Å². The van der Waals surface area contributed by atoms with E-state index in [9.17, 15) is 4.79 Å². The molecule has 0 aliphatic rings. The van der Waals surface area contributed by atoms with Gasteiger partial charge in [-0.1, -0.05) is 11.6 Å². The Labute approximate surface area is 144 Å². The minimum absolute atomic E-state index is 0.238. The van der Waals surface area contributed by atoms with Crippen LogP contribution in [0.15, 0.2) is 33.3 Å². The van der Waals surface area contributed by atoms with Gasteiger partial charge < -0.3 is 14.6 Å². The molecule has 1 heterocycles. The van der Waals surface area contributed by atoms with Crippen LogP contribution < -0.4 is 10.1 Å². The Morgan fingerprint density at radius 1 is 1.38 bits per heavy atom. The molecule has 1 amide bonds. The predicted octanol–water partition coefficient (Wildman–Crippen LogP) is 4.85. The van der Waals surface area contributed by atoms with Gasteiger partial charge in [0.2, 0.25) is 0 Å². The summed E-state index contributed by atoms with van der Waals surface area (Å²) in [4.78, 5) is 12.4. The Kier molecular flexibility index (Phi) is 5.35. The second kappa shape index (κ2) is 6.85. The van der Waals surface area contributed by atoms with Crippen molar-refractivity contribution in [1.29, 1.82) is 0 Å². The van der Waals surface area contributed by atoms with Gasteiger partial charge in [-0.2, -0.15) is 0 Å². The summed E-state index contributed by atoms with van der Waals surface area (Å²) in [7, 11) is 1.80. The van der Waals surface area contributed by atoms with Gasteiger partial charge in [-0.05, 0) is 57.0 Å². The van der Waals surface area contributed by atoms with Gasteiger partial charge in [-0.15, -0.1) is 0 Å². The average Bonchev–Trinajstić information content (AvgIpc) is 2.72. The molecule has 21 heavy (non-hydrogen) atoms. The number of anilines is 1. The second-order valence-corrected chi connectivity index (χ2v) is 6.51. The van der Waals surface area contributed by atoms with Crippen LogP contribution in [-0.2, 0) is 7.05 Å². The Balaban J connectivity index is 2.34. The largest absolute Gasteiger partial charge is 0.491 e. The van der Waals surface area contributed by atoms with Gasteiger partial charge in [0, 0.05) is 22.7 Å². The lowest BCUT2D eigenvalue weighted by Crippen LogP contribution is -2.16. The summed E-state index contributed by atoms with van der Waals surface area (Å²) in [6, 6.07) is 5.13. The lowest BCUT2D eigenvalue weighted by molar-refractivity contribution is 0.101. The number of nitrogens with one attached hydrogen (secondary N) is 1. The highest BCUT2D eigenvalue weighted by Crippen LogP contribution is 2.36. The molecule has 1 N–H and O–H groups in total. The first-order valence-electron chi connectivity index (χ1n) is 6.17. The third-order valence-electron chi connectivity index (χ3n) is 2.75. The normalized spacial score (nSPS) is 10.5. The molecule has 4 nitrogen and oxygen atoms in total. The van der Waals surface area contributed by atoms with Crippen LogP contribution in [0.4, 0.5) is 5.69 Å². The highest BCUT2D eigenvalue weighted by atomic mass is 79.9. The maximum atomic E-state index is 12.4. The molecule has 1 aromatic heterocycles. The number of benzene rings is 1. The standard InChI is InChI=1S/C14H13Br2ClN2O2/c1-3-21-13-10(16)5-9(17)6-11(13)18-14(20)12-4-8(15)7-19(12)2/h4-7H,3H2,1-2H3,(H,18,20). The number of carbonyl (C=O) groups is 1. The maximum absolute atomic E-state index is 12.4. The SMILES string of the molecule is CCOc1c(Br)cc(Cl)cc1NC(=O)c1cc(Br)cn1C. The second-order valence-electron chi connectivity index (χ2n) is 4.31. The highest BCUT2D eigenvalue weighted by Gasteiger charge is 2.16. The molecule has 2 aromatic rings. The molecule has 0 aliphatic carbocycles. The molecule has 0 saturated carbocycles. The van der Waals surface area contributed by atoms with Crippen molar-refractivity contribution in [1.82, 2.24) is 4.57 Å². The Morgan fingerprint density at radius 3 is 2.67 bits per heavy atom. The maximum Gasteiger partial charge on any atom is 0.272 e. The first kappa shape index (κ1) is 16.4. The van der Waals surface area contributed by atoms with E-state index in [0.29, 0.717) is 33.2 Å². The van der Waals surface area contributed by atoms with Crippen molar-refractivity contribution in [2.24, 2.45) is 7.05 Å². The van der Waals surface area contributed by atoms with Gasteiger partial charge in [0.25, 0.3) is 5.91 Å². The van der Waals surface area contributed by atoms with E-state index < -0.39 is 0 Å². The quantitative estimate of drug-likeness (QED) is 0.744. The average molecular weight is 437 g/mol. The van der Waals surface area contributed by atoms with Gasteiger partial charge in [0.1, 0.15) is 5.69 Å². The first-order valence-corrected chi connectivity index (χ1v) is 8.13. The summed E-state index contributed by atoms with van der Waals surface area (Å²) in [6.45, 7) is 2.36. The monoisotopic (exact) mass is 434 g/mol. The van der Waals surface area contributed by atoms with E-state index in [0.717, 1.165) is 4.47 Å². The van der Waals surface area contributed by atoms with E-state index in [-0.39, 0.29) is 5.91 Å². The fourth-order valence-electron chi connectivity index (χ4n) is 1.88. The molecule has 0 bridgehead atoms. The van der Waals surface area contributed by atoms with Crippen LogP contribution in [0.5, 0.6) is 5.75 Å². The third-order valence-corrected chi connectivity index (χ3v) is 3.99. The number of aryl methyl sites for hydroxylation is 1. The van der Waals surface area contributed by atoms with Gasteiger partial charge in [-0.3, -0.25) is 4.79 Å². The number of hydrogen-bond donors (Lipinski definition) is 1. The number of nitrogens with zero attached hydrogens (tertiary/aromatic N) is 1. The Bertz CT molecular complexity index is 686. The van der Waals surface area contributed by atoms with Crippen LogP contribution in [0.3, 0.4) is 0 Å². The van der Waals surface area contributed by atoms with E-state index in [1.54, 1.807) is 29.8 Å². The molecule has 0 aliphatic heterocycles. The molecule has 2 rings (SSSR count). The summed E-state index contributed by atoms with van der Waals surface area (Å²) in [5.41, 5.74) is 1.05. The van der Waals surface area contributed by atoms with Crippen LogP contribution in [0, 0.1) is 0 Å². The number of carbonyl (C=O) groups excluding carboxylic acids is 1. The fraction of sp³-hybridized carbons (Fsp3) is 0.214. The summed E-state index contributed by atoms with van der Waals surface area (Å²) >= 11 is 12.8. The van der Waals surface area contributed by atoms with Crippen LogP contribution in [0.1, 0.15) is 17.4 Å². The summed E-state index contributed by atoms with van der Waals surface area (Å²) in [6.07, 6.45) is 1.81. The van der Waals surface area contributed by atoms with Crippen molar-refractivity contribution < 1.29 is 9.53 Å². The third kappa shape index (κ3) is 3.81. The minimum Gasteiger partial charge on any atom is -0.491 e.